The molecule has 1 fully saturated rings. The van der Waals surface area contributed by atoms with Crippen LogP contribution in [0.2, 0.25) is 0 Å². The van der Waals surface area contributed by atoms with Gasteiger partial charge in [0, 0.05) is 5.75 Å². The highest BCUT2D eigenvalue weighted by atomic mass is 32.2. The van der Waals surface area contributed by atoms with Gasteiger partial charge in [-0.05, 0) is 5.41 Å². The van der Waals surface area contributed by atoms with Gasteiger partial charge in [-0.3, -0.25) is 18.0 Å². The van der Waals surface area contributed by atoms with E-state index in [2.05, 4.69) is 28.1 Å². The Labute approximate surface area is 213 Å². The summed E-state index contributed by atoms with van der Waals surface area (Å²) >= 11 is 1.32. The van der Waals surface area contributed by atoms with Crippen molar-refractivity contribution in [1.82, 2.24) is 19.5 Å². The van der Waals surface area contributed by atoms with E-state index in [0.29, 0.717) is 10.9 Å². The number of thioether (sulfide) groups is 1. The summed E-state index contributed by atoms with van der Waals surface area (Å²) in [5.41, 5.74) is 6.23. The molecule has 22 heteroatoms. The molecule has 0 saturated carbocycles. The van der Waals surface area contributed by atoms with E-state index in [9.17, 15) is 43.5 Å². The molecule has 0 bridgehead atoms. The summed E-state index contributed by atoms with van der Waals surface area (Å²) in [6.45, 7) is 4.95. The predicted octanol–water partition coefficient (Wildman–Crippen LogP) is -2.02. The average molecular weight is 605 g/mol. The topological polar surface area (TPSA) is 290 Å². The molecule has 0 aliphatic carbocycles. The van der Waals surface area contributed by atoms with E-state index in [1.807, 2.05) is 20.8 Å². The third-order valence-corrected chi connectivity index (χ3v) is 9.59. The zero-order chi connectivity index (χ0) is 28.0. The predicted molar refractivity (Wildman–Crippen MR) is 117 cm³/mol. The van der Waals surface area contributed by atoms with Crippen molar-refractivity contribution in [2.45, 2.75) is 50.5 Å². The van der Waals surface area contributed by atoms with Crippen molar-refractivity contribution in [1.29, 1.82) is 0 Å². The van der Waals surface area contributed by atoms with E-state index in [0.717, 1.165) is 0 Å². The Balaban J connectivity index is 1.75. The highest BCUT2D eigenvalue weighted by molar-refractivity contribution is 7.99. The Hall–Kier alpha value is -1.01. The molecule has 6 atom stereocenters. The lowest BCUT2D eigenvalue weighted by Gasteiger charge is -2.37. The number of hydrogen-bond donors (Lipinski definition) is 3. The van der Waals surface area contributed by atoms with E-state index in [4.69, 9.17) is 10.5 Å². The van der Waals surface area contributed by atoms with Gasteiger partial charge >= 0.3 is 0 Å². The van der Waals surface area contributed by atoms with Crippen LogP contribution in [0.4, 0.5) is 5.82 Å². The lowest BCUT2D eigenvalue weighted by Crippen LogP contribution is -2.34. The molecule has 210 valence electrons. The number of aliphatic hydroxyl groups excluding tert-OH is 2. The Morgan fingerprint density at radius 2 is 1.76 bits per heavy atom. The molecule has 18 nitrogen and oxygen atoms in total. The number of fused-ring (bicyclic) bond motifs is 1. The van der Waals surface area contributed by atoms with E-state index in [1.54, 1.807) is 0 Å². The van der Waals surface area contributed by atoms with Crippen molar-refractivity contribution < 1.29 is 61.4 Å². The highest BCUT2D eigenvalue weighted by Gasteiger charge is 2.45. The lowest BCUT2D eigenvalue weighted by molar-refractivity contribution is -0.339. The lowest BCUT2D eigenvalue weighted by atomic mass is 10.0. The third kappa shape index (κ3) is 8.24. The quantitative estimate of drug-likeness (QED) is 0.150. The fourth-order valence-corrected chi connectivity index (χ4v) is 6.74. The maximum absolute atomic E-state index is 11.8. The van der Waals surface area contributed by atoms with Crippen molar-refractivity contribution >= 4 is 52.2 Å². The fraction of sp³-hybridized carbons (Fsp3) is 0.667. The maximum Gasteiger partial charge on any atom is 0.278 e. The molecule has 0 amide bonds. The first-order valence-electron chi connectivity index (χ1n) is 10.1. The second kappa shape index (κ2) is 10.9. The number of nitrogens with two attached hydrogens (primary N) is 1. The minimum atomic E-state index is -6.16. The van der Waals surface area contributed by atoms with Crippen molar-refractivity contribution in [2.75, 3.05) is 18.1 Å². The smallest absolute Gasteiger partial charge is 0.278 e. The molecule has 2 aromatic heterocycles. The molecule has 0 radical (unpaired) electrons. The van der Waals surface area contributed by atoms with E-state index >= 15 is 0 Å². The second-order valence-electron chi connectivity index (χ2n) is 8.91. The third-order valence-electron chi connectivity index (χ3n) is 4.47. The van der Waals surface area contributed by atoms with Crippen molar-refractivity contribution in [3.8, 4) is 0 Å². The van der Waals surface area contributed by atoms with Gasteiger partial charge in [0.1, 0.15) is 23.8 Å². The first-order chi connectivity index (χ1) is 16.8. The average Bonchev–Trinajstić information content (AvgIpc) is 3.23. The van der Waals surface area contributed by atoms with Crippen LogP contribution in [0.15, 0.2) is 11.5 Å². The van der Waals surface area contributed by atoms with Gasteiger partial charge in [-0.2, -0.15) is 0 Å². The minimum absolute atomic E-state index is 0.0440. The number of nitrogens with zero attached hydrogens (tertiary/aromatic N) is 4. The second-order valence-corrected chi connectivity index (χ2v) is 14.1. The minimum Gasteiger partial charge on any atom is -0.790 e. The van der Waals surface area contributed by atoms with Crippen LogP contribution in [0.3, 0.4) is 0 Å². The van der Waals surface area contributed by atoms with Crippen LogP contribution in [-0.4, -0.2) is 60.4 Å². The molecule has 1 aliphatic rings. The number of phosphoric ester groups is 1. The molecule has 0 aromatic carbocycles. The van der Waals surface area contributed by atoms with Gasteiger partial charge in [0.05, 0.1) is 20.8 Å². The number of imidazole rings is 1. The standard InChI is InChI=1S/C15H26N5O13P3S/c1-15(2,3)5-37-14-18-11(16)8-12(19-14)20(6-17-8)13-10(22)9(21)7(31-13)4-30-35(26,27)33-36(28,29)32-34(23,24)25/h6-7,9-10,13,21-22H,4-5H2,1-3H3,(H,26,27)(H,28,29)(H2,16,18,19)(H2,23,24,25)/p-4/t7-,9-,10-,13-/m1/s1. The van der Waals surface area contributed by atoms with Gasteiger partial charge < -0.3 is 49.3 Å². The normalized spacial score (nSPS) is 26.3. The largest absolute Gasteiger partial charge is 0.790 e. The molecule has 1 saturated heterocycles. The number of ether oxygens (including phenoxy) is 1. The molecule has 1 aliphatic heterocycles. The van der Waals surface area contributed by atoms with Gasteiger partial charge in [-0.15, -0.1) is 0 Å². The molecule has 2 unspecified atom stereocenters. The first-order valence-corrected chi connectivity index (χ1v) is 15.5. The van der Waals surface area contributed by atoms with Gasteiger partial charge in [-0.25, -0.2) is 19.3 Å². The molecule has 37 heavy (non-hydrogen) atoms. The molecule has 2 aromatic rings. The summed E-state index contributed by atoms with van der Waals surface area (Å²) in [6, 6.07) is 0. The van der Waals surface area contributed by atoms with Gasteiger partial charge in [0.25, 0.3) is 15.6 Å². The summed E-state index contributed by atoms with van der Waals surface area (Å²) < 4.78 is 51.0. The van der Waals surface area contributed by atoms with Crippen LogP contribution < -0.4 is 25.3 Å². The van der Waals surface area contributed by atoms with E-state index in [-0.39, 0.29) is 22.4 Å². The molecular weight excluding hydrogens is 583 g/mol. The SMILES string of the molecule is CC(C)(C)CSc1nc(N)c2ncn([C@@H]3O[C@H](COP(=O)([O-])OP(=O)([O-])OP(=O)([O-])[O-])[C@@H](O)[C@H]3O)c2n1. The van der Waals surface area contributed by atoms with Crippen molar-refractivity contribution in [3.05, 3.63) is 6.33 Å². The Kier molecular flexibility index (Phi) is 8.97. The Morgan fingerprint density at radius 1 is 1.11 bits per heavy atom. The van der Waals surface area contributed by atoms with Crippen LogP contribution in [0.5, 0.6) is 0 Å². The number of anilines is 1. The van der Waals surface area contributed by atoms with Crippen LogP contribution in [0.1, 0.15) is 27.0 Å². The summed E-state index contributed by atoms with van der Waals surface area (Å²) in [6.07, 6.45) is -5.14. The molecule has 3 rings (SSSR count). The van der Waals surface area contributed by atoms with Crippen LogP contribution in [0.25, 0.3) is 11.2 Å². The fourth-order valence-electron chi connectivity index (χ4n) is 2.99. The summed E-state index contributed by atoms with van der Waals surface area (Å²) in [5.74, 6) is 0.689. The highest BCUT2D eigenvalue weighted by Crippen LogP contribution is 2.60. The monoisotopic (exact) mass is 605 g/mol. The molecule has 0 spiro atoms. The number of phosphoric acid groups is 3. The number of nitrogen functional groups attached to an aromatic ring is 1. The number of aromatic nitrogens is 4. The zero-order valence-corrected chi connectivity index (χ0v) is 22.8. The molecule has 4 N–H and O–H groups in total. The molecular formula is C15H22N5O13P3S-4. The van der Waals surface area contributed by atoms with Crippen LogP contribution >= 0.6 is 35.2 Å². The number of aliphatic hydroxyl groups is 2. The first kappa shape index (κ1) is 30.5. The maximum atomic E-state index is 11.8. The Morgan fingerprint density at radius 3 is 2.35 bits per heavy atom. The van der Waals surface area contributed by atoms with Gasteiger partial charge in [-0.1, -0.05) is 32.5 Å². The summed E-state index contributed by atoms with van der Waals surface area (Å²) in [5, 5.41) is 21.1. The zero-order valence-electron chi connectivity index (χ0n) is 19.3. The number of rotatable bonds is 10. The van der Waals surface area contributed by atoms with Crippen molar-refractivity contribution in [3.63, 3.8) is 0 Å². The summed E-state index contributed by atoms with van der Waals surface area (Å²) in [4.78, 5) is 56.5. The molecule has 3 heterocycles. The van der Waals surface area contributed by atoms with Crippen molar-refractivity contribution in [2.24, 2.45) is 5.41 Å². The van der Waals surface area contributed by atoms with E-state index in [1.165, 1.54) is 22.7 Å². The summed E-state index contributed by atoms with van der Waals surface area (Å²) in [7, 11) is -18.1. The number of hydrogen-bond acceptors (Lipinski definition) is 18. The van der Waals surface area contributed by atoms with Crippen LogP contribution in [-0.2, 0) is 31.6 Å². The van der Waals surface area contributed by atoms with E-state index < -0.39 is 54.6 Å². The van der Waals surface area contributed by atoms with Crippen LogP contribution in [0, 0.1) is 5.41 Å². The Bertz CT molecular complexity index is 1280. The van der Waals surface area contributed by atoms with Gasteiger partial charge in [0.15, 0.2) is 22.8 Å². The van der Waals surface area contributed by atoms with Gasteiger partial charge in [0.2, 0.25) is 0 Å².